The molecule has 2 aromatic rings. The second-order valence-corrected chi connectivity index (χ2v) is 8.18. The van der Waals surface area contributed by atoms with E-state index < -0.39 is 19.0 Å². The average Bonchev–Trinajstić information content (AvgIpc) is 3.65. The van der Waals surface area contributed by atoms with Crippen molar-refractivity contribution in [3.63, 3.8) is 0 Å². The quantitative estimate of drug-likeness (QED) is 0.310. The van der Waals surface area contributed by atoms with E-state index in [0.29, 0.717) is 29.3 Å². The van der Waals surface area contributed by atoms with Crippen LogP contribution in [0.15, 0.2) is 42.5 Å². The Morgan fingerprint density at radius 1 is 1.24 bits per heavy atom. The molecule has 2 N–H and O–H groups in total. The van der Waals surface area contributed by atoms with Crippen LogP contribution in [0.4, 0.5) is 4.39 Å². The van der Waals surface area contributed by atoms with E-state index in [1.54, 1.807) is 29.9 Å². The standard InChI is InChI=1S/C19H22BClFNO4.C4H6O3/c1-20(26)12-23(11-18(24)19(25)27-2)10-13-3-5-14(6-4-13)16-9-15(21)7-8-17(16)22;1-6-4(5)3-2-7-3/h3-9,18,24,26H,10-12H2,1-2H3;3H,2H2,1H3/t18-;3-/m11/s1. The first-order valence-electron chi connectivity index (χ1n) is 10.5. The zero-order valence-electron chi connectivity index (χ0n) is 19.2. The van der Waals surface area contributed by atoms with Crippen molar-refractivity contribution in [1.82, 2.24) is 4.90 Å². The maximum atomic E-state index is 14.0. The van der Waals surface area contributed by atoms with Gasteiger partial charge in [0.1, 0.15) is 5.82 Å². The van der Waals surface area contributed by atoms with Crippen LogP contribution in [-0.2, 0) is 30.3 Å². The number of esters is 2. The predicted molar refractivity (Wildman–Crippen MR) is 126 cm³/mol. The number of rotatable bonds is 9. The summed E-state index contributed by atoms with van der Waals surface area (Å²) in [5.74, 6) is -1.35. The minimum absolute atomic E-state index is 0.0300. The van der Waals surface area contributed by atoms with E-state index >= 15 is 0 Å². The van der Waals surface area contributed by atoms with E-state index in [9.17, 15) is 24.1 Å². The number of epoxide rings is 1. The van der Waals surface area contributed by atoms with E-state index in [0.717, 1.165) is 5.56 Å². The molecule has 34 heavy (non-hydrogen) atoms. The highest BCUT2D eigenvalue weighted by atomic mass is 35.5. The highest BCUT2D eigenvalue weighted by Gasteiger charge is 2.31. The van der Waals surface area contributed by atoms with Crippen LogP contribution in [0, 0.1) is 5.82 Å². The molecule has 0 bridgehead atoms. The summed E-state index contributed by atoms with van der Waals surface area (Å²) in [6.07, 6.45) is -1.27. The zero-order chi connectivity index (χ0) is 25.3. The number of benzene rings is 2. The number of aliphatic hydroxyl groups excluding tert-OH is 1. The van der Waals surface area contributed by atoms with E-state index in [-0.39, 0.29) is 30.9 Å². The Morgan fingerprint density at radius 3 is 2.38 bits per heavy atom. The molecule has 1 fully saturated rings. The minimum Gasteiger partial charge on any atom is -0.467 e. The maximum absolute atomic E-state index is 14.0. The smallest absolute Gasteiger partial charge is 0.337 e. The van der Waals surface area contributed by atoms with Crippen LogP contribution >= 0.6 is 11.6 Å². The van der Waals surface area contributed by atoms with E-state index in [1.807, 2.05) is 12.1 Å². The number of aliphatic hydroxyl groups is 1. The molecule has 0 aromatic heterocycles. The lowest BCUT2D eigenvalue weighted by molar-refractivity contribution is -0.151. The van der Waals surface area contributed by atoms with Crippen LogP contribution in [0.2, 0.25) is 11.8 Å². The normalized spacial score (nSPS) is 15.1. The van der Waals surface area contributed by atoms with E-state index in [2.05, 4.69) is 14.2 Å². The third kappa shape index (κ3) is 9.04. The SMILES string of the molecule is COC(=O)[C@H](O)CN(CB(C)O)Cc1ccc(-c2cc(Cl)ccc2F)cc1.COC(=O)[C@H]1CO1. The molecular weight excluding hydrogens is 468 g/mol. The van der Waals surface area contributed by atoms with Crippen molar-refractivity contribution in [3.8, 4) is 11.1 Å². The van der Waals surface area contributed by atoms with Gasteiger partial charge in [-0.05, 0) is 29.3 Å². The topological polar surface area (TPSA) is 109 Å². The molecule has 1 aliphatic heterocycles. The highest BCUT2D eigenvalue weighted by molar-refractivity contribution is 6.48. The number of hydrogen-bond donors (Lipinski definition) is 2. The van der Waals surface area contributed by atoms with Crippen molar-refractivity contribution in [2.75, 3.05) is 33.8 Å². The monoisotopic (exact) mass is 495 g/mol. The van der Waals surface area contributed by atoms with E-state index in [1.165, 1.54) is 26.4 Å². The number of ether oxygens (including phenoxy) is 3. The largest absolute Gasteiger partial charge is 0.467 e. The second-order valence-electron chi connectivity index (χ2n) is 7.75. The van der Waals surface area contributed by atoms with Crippen LogP contribution in [0.1, 0.15) is 5.56 Å². The summed E-state index contributed by atoms with van der Waals surface area (Å²) in [5, 5.41) is 20.0. The first-order chi connectivity index (χ1) is 16.1. The van der Waals surface area contributed by atoms with Crippen molar-refractivity contribution in [3.05, 3.63) is 58.9 Å². The number of carbonyl (C=O) groups excluding carboxylic acids is 2. The lowest BCUT2D eigenvalue weighted by Gasteiger charge is -2.24. The highest BCUT2D eigenvalue weighted by Crippen LogP contribution is 2.26. The Morgan fingerprint density at radius 2 is 1.88 bits per heavy atom. The summed E-state index contributed by atoms with van der Waals surface area (Å²) in [6, 6.07) is 11.6. The molecule has 11 heteroatoms. The number of carbonyl (C=O) groups is 2. The van der Waals surface area contributed by atoms with Gasteiger partial charge in [0.05, 0.1) is 20.8 Å². The number of halogens is 2. The van der Waals surface area contributed by atoms with Gasteiger partial charge in [0, 0.05) is 30.1 Å². The molecular formula is C23H28BClFNO7. The van der Waals surface area contributed by atoms with Crippen molar-refractivity contribution in [1.29, 1.82) is 0 Å². The van der Waals surface area contributed by atoms with Gasteiger partial charge in [0.15, 0.2) is 12.2 Å². The second kappa shape index (κ2) is 13.4. The van der Waals surface area contributed by atoms with Gasteiger partial charge in [-0.3, -0.25) is 0 Å². The number of nitrogens with zero attached hydrogens (tertiary/aromatic N) is 1. The summed E-state index contributed by atoms with van der Waals surface area (Å²) in [5.41, 5.74) is 1.99. The van der Waals surface area contributed by atoms with Crippen LogP contribution in [-0.4, -0.2) is 79.9 Å². The van der Waals surface area contributed by atoms with E-state index in [4.69, 9.17) is 11.6 Å². The van der Waals surface area contributed by atoms with Crippen LogP contribution < -0.4 is 0 Å². The molecule has 3 rings (SSSR count). The van der Waals surface area contributed by atoms with Crippen molar-refractivity contribution in [2.24, 2.45) is 0 Å². The van der Waals surface area contributed by atoms with Crippen molar-refractivity contribution < 1.29 is 38.3 Å². The minimum atomic E-state index is -1.30. The number of methoxy groups -OCH3 is 2. The Balaban J connectivity index is 0.000000497. The maximum Gasteiger partial charge on any atom is 0.337 e. The molecule has 8 nitrogen and oxygen atoms in total. The van der Waals surface area contributed by atoms with Crippen LogP contribution in [0.3, 0.4) is 0 Å². The van der Waals surface area contributed by atoms with Gasteiger partial charge in [-0.25, -0.2) is 14.0 Å². The van der Waals surface area contributed by atoms with Gasteiger partial charge in [0.25, 0.3) is 6.92 Å². The Labute approximate surface area is 203 Å². The summed E-state index contributed by atoms with van der Waals surface area (Å²) in [6.45, 7) is 1.96. The van der Waals surface area contributed by atoms with Crippen LogP contribution in [0.5, 0.6) is 0 Å². The fourth-order valence-corrected chi connectivity index (χ4v) is 3.29. The number of hydrogen-bond acceptors (Lipinski definition) is 8. The molecule has 0 spiro atoms. The molecule has 2 aromatic carbocycles. The molecule has 184 valence electrons. The fraction of sp³-hybridized carbons (Fsp3) is 0.391. The fourth-order valence-electron chi connectivity index (χ4n) is 3.11. The van der Waals surface area contributed by atoms with Gasteiger partial charge >= 0.3 is 11.9 Å². The van der Waals surface area contributed by atoms with Crippen molar-refractivity contribution >= 4 is 30.5 Å². The van der Waals surface area contributed by atoms with Gasteiger partial charge < -0.3 is 29.2 Å². The summed E-state index contributed by atoms with van der Waals surface area (Å²) in [4.78, 5) is 23.4. The molecule has 0 radical (unpaired) electrons. The molecule has 0 aliphatic carbocycles. The van der Waals surface area contributed by atoms with Crippen LogP contribution in [0.25, 0.3) is 11.1 Å². The first kappa shape index (κ1) is 27.7. The van der Waals surface area contributed by atoms with Crippen molar-refractivity contribution in [2.45, 2.75) is 25.6 Å². The summed E-state index contributed by atoms with van der Waals surface area (Å²) < 4.78 is 27.4. The first-order valence-corrected chi connectivity index (χ1v) is 10.9. The van der Waals surface area contributed by atoms with Gasteiger partial charge in [0.2, 0.25) is 0 Å². The molecule has 0 unspecified atom stereocenters. The molecule has 1 aliphatic rings. The third-order valence-electron chi connectivity index (χ3n) is 4.82. The Bertz CT molecular complexity index is 957. The lowest BCUT2D eigenvalue weighted by atomic mass is 9.71. The third-order valence-corrected chi connectivity index (χ3v) is 5.06. The average molecular weight is 496 g/mol. The van der Waals surface area contributed by atoms with Gasteiger partial charge in [-0.2, -0.15) is 0 Å². The molecule has 2 atom stereocenters. The molecule has 1 heterocycles. The molecule has 0 amide bonds. The summed E-state index contributed by atoms with van der Waals surface area (Å²) in [7, 11) is 2.56. The molecule has 1 saturated heterocycles. The zero-order valence-corrected chi connectivity index (χ0v) is 20.0. The van der Waals surface area contributed by atoms with Gasteiger partial charge in [-0.1, -0.05) is 42.7 Å². The molecule has 0 saturated carbocycles. The summed E-state index contributed by atoms with van der Waals surface area (Å²) >= 11 is 5.94. The Hall–Kier alpha value is -2.50. The lowest BCUT2D eigenvalue weighted by Crippen LogP contribution is -2.41. The van der Waals surface area contributed by atoms with Gasteiger partial charge in [-0.15, -0.1) is 0 Å². The predicted octanol–water partition coefficient (Wildman–Crippen LogP) is 2.19. The Kier molecular flexibility index (Phi) is 10.9.